The van der Waals surface area contributed by atoms with Crippen LogP contribution in [0.1, 0.15) is 12.0 Å². The Morgan fingerprint density at radius 1 is 1.21 bits per heavy atom. The summed E-state index contributed by atoms with van der Waals surface area (Å²) < 4.78 is 0. The van der Waals surface area contributed by atoms with Gasteiger partial charge in [0.1, 0.15) is 5.15 Å². The van der Waals surface area contributed by atoms with Gasteiger partial charge in [-0.1, -0.05) is 41.9 Å². The summed E-state index contributed by atoms with van der Waals surface area (Å²) in [6.45, 7) is 0. The minimum Gasteiger partial charge on any atom is -0.298 e. The van der Waals surface area contributed by atoms with Crippen LogP contribution in [0.5, 0.6) is 0 Å². The maximum atomic E-state index is 11.7. The molecule has 0 aliphatic rings. The van der Waals surface area contributed by atoms with Gasteiger partial charge in [-0.3, -0.25) is 15.6 Å². The van der Waals surface area contributed by atoms with E-state index < -0.39 is 0 Å². The van der Waals surface area contributed by atoms with E-state index in [2.05, 4.69) is 15.8 Å². The van der Waals surface area contributed by atoms with Crippen LogP contribution >= 0.6 is 11.6 Å². The Bertz CT molecular complexity index is 545. The van der Waals surface area contributed by atoms with Gasteiger partial charge < -0.3 is 0 Å². The summed E-state index contributed by atoms with van der Waals surface area (Å²) in [4.78, 5) is 15.5. The molecule has 0 spiro atoms. The summed E-state index contributed by atoms with van der Waals surface area (Å²) in [5, 5.41) is 0.378. The lowest BCUT2D eigenvalue weighted by Gasteiger charge is -2.08. The summed E-state index contributed by atoms with van der Waals surface area (Å²) in [6.07, 6.45) is 2.71. The second-order valence-corrected chi connectivity index (χ2v) is 4.41. The number of aryl methyl sites for hydroxylation is 1. The molecule has 0 fully saturated rings. The Balaban J connectivity index is 1.76. The van der Waals surface area contributed by atoms with Crippen LogP contribution in [0, 0.1) is 0 Å². The molecular weight excluding hydrogens is 262 g/mol. The molecule has 0 aliphatic carbocycles. The van der Waals surface area contributed by atoms with E-state index in [1.807, 2.05) is 30.3 Å². The van der Waals surface area contributed by atoms with E-state index in [0.717, 1.165) is 5.56 Å². The van der Waals surface area contributed by atoms with Gasteiger partial charge in [-0.05, 0) is 18.1 Å². The Labute approximate surface area is 116 Å². The number of halogens is 1. The minimum atomic E-state index is -0.0724. The van der Waals surface area contributed by atoms with Gasteiger partial charge >= 0.3 is 0 Å². The topological polar surface area (TPSA) is 54.0 Å². The summed E-state index contributed by atoms with van der Waals surface area (Å²) in [7, 11) is 0. The van der Waals surface area contributed by atoms with Gasteiger partial charge in [0, 0.05) is 18.7 Å². The lowest BCUT2D eigenvalue weighted by molar-refractivity contribution is -0.120. The maximum absolute atomic E-state index is 11.7. The predicted octanol–water partition coefficient (Wildman–Crippen LogP) is 2.81. The number of anilines is 1. The number of rotatable bonds is 5. The lowest BCUT2D eigenvalue weighted by atomic mass is 10.1. The quantitative estimate of drug-likeness (QED) is 0.652. The number of carbonyl (C=O) groups is 1. The number of hydrogen-bond acceptors (Lipinski definition) is 3. The second kappa shape index (κ2) is 6.75. The molecule has 1 aromatic heterocycles. The average Bonchev–Trinajstić information content (AvgIpc) is 2.44. The third-order valence-electron chi connectivity index (χ3n) is 2.56. The molecule has 0 atom stereocenters. The first-order chi connectivity index (χ1) is 9.24. The maximum Gasteiger partial charge on any atom is 0.238 e. The number of pyridine rings is 1. The molecule has 0 bridgehead atoms. The molecule has 0 saturated carbocycles. The second-order valence-electron chi connectivity index (χ2n) is 4.03. The van der Waals surface area contributed by atoms with E-state index in [9.17, 15) is 4.79 Å². The lowest BCUT2D eigenvalue weighted by Crippen LogP contribution is -2.29. The van der Waals surface area contributed by atoms with Crippen molar-refractivity contribution in [2.24, 2.45) is 0 Å². The normalized spacial score (nSPS) is 9.95. The third kappa shape index (κ3) is 4.60. The van der Waals surface area contributed by atoms with Crippen LogP contribution in [0.25, 0.3) is 0 Å². The number of hydrazine groups is 1. The summed E-state index contributed by atoms with van der Waals surface area (Å²) in [5.74, 6) is -0.0724. The molecule has 0 saturated heterocycles. The summed E-state index contributed by atoms with van der Waals surface area (Å²) in [5.41, 5.74) is 7.26. The molecule has 1 amide bonds. The molecule has 98 valence electrons. The highest BCUT2D eigenvalue weighted by Crippen LogP contribution is 2.10. The van der Waals surface area contributed by atoms with Crippen LogP contribution in [0.4, 0.5) is 5.69 Å². The molecule has 2 N–H and O–H groups in total. The van der Waals surface area contributed by atoms with E-state index in [-0.39, 0.29) is 5.91 Å². The molecule has 1 heterocycles. The molecule has 1 aromatic carbocycles. The molecule has 2 rings (SSSR count). The van der Waals surface area contributed by atoms with E-state index in [1.54, 1.807) is 18.3 Å². The first kappa shape index (κ1) is 13.4. The van der Waals surface area contributed by atoms with Crippen LogP contribution < -0.4 is 10.9 Å². The van der Waals surface area contributed by atoms with Gasteiger partial charge in [0.25, 0.3) is 0 Å². The fourth-order valence-corrected chi connectivity index (χ4v) is 1.76. The van der Waals surface area contributed by atoms with Crippen molar-refractivity contribution in [1.29, 1.82) is 0 Å². The van der Waals surface area contributed by atoms with Crippen molar-refractivity contribution in [3.63, 3.8) is 0 Å². The smallest absolute Gasteiger partial charge is 0.238 e. The number of aromatic nitrogens is 1. The Morgan fingerprint density at radius 3 is 2.74 bits per heavy atom. The molecular formula is C14H14ClN3O. The fourth-order valence-electron chi connectivity index (χ4n) is 1.59. The van der Waals surface area contributed by atoms with Crippen molar-refractivity contribution in [2.75, 3.05) is 5.43 Å². The zero-order valence-electron chi connectivity index (χ0n) is 10.3. The number of amides is 1. The van der Waals surface area contributed by atoms with Gasteiger partial charge in [0.05, 0.1) is 5.69 Å². The predicted molar refractivity (Wildman–Crippen MR) is 75.8 cm³/mol. The molecule has 0 unspecified atom stereocenters. The summed E-state index contributed by atoms with van der Waals surface area (Å²) >= 11 is 5.74. The molecule has 0 radical (unpaired) electrons. The molecule has 2 aromatic rings. The zero-order chi connectivity index (χ0) is 13.5. The molecule has 5 heteroatoms. The number of nitrogens with zero attached hydrogens (tertiary/aromatic N) is 1. The first-order valence-electron chi connectivity index (χ1n) is 5.94. The van der Waals surface area contributed by atoms with Crippen molar-refractivity contribution in [3.8, 4) is 0 Å². The van der Waals surface area contributed by atoms with Crippen molar-refractivity contribution >= 4 is 23.2 Å². The fraction of sp³-hybridized carbons (Fsp3) is 0.143. The molecule has 19 heavy (non-hydrogen) atoms. The van der Waals surface area contributed by atoms with E-state index in [1.165, 1.54) is 0 Å². The highest BCUT2D eigenvalue weighted by molar-refractivity contribution is 6.29. The van der Waals surface area contributed by atoms with E-state index in [0.29, 0.717) is 23.7 Å². The van der Waals surface area contributed by atoms with Gasteiger partial charge in [-0.15, -0.1) is 0 Å². The zero-order valence-corrected chi connectivity index (χ0v) is 11.0. The molecule has 0 aliphatic heterocycles. The Kier molecular flexibility index (Phi) is 4.75. The first-order valence-corrected chi connectivity index (χ1v) is 6.32. The highest BCUT2D eigenvalue weighted by Gasteiger charge is 2.02. The van der Waals surface area contributed by atoms with Gasteiger partial charge in [-0.25, -0.2) is 4.98 Å². The summed E-state index contributed by atoms with van der Waals surface area (Å²) in [6, 6.07) is 13.3. The number of carbonyl (C=O) groups excluding carboxylic acids is 1. The Hall–Kier alpha value is -2.07. The van der Waals surface area contributed by atoms with Gasteiger partial charge in [-0.2, -0.15) is 0 Å². The number of hydrogen-bond donors (Lipinski definition) is 2. The monoisotopic (exact) mass is 275 g/mol. The van der Waals surface area contributed by atoms with Crippen LogP contribution in [0.2, 0.25) is 5.15 Å². The van der Waals surface area contributed by atoms with Crippen molar-refractivity contribution < 1.29 is 4.79 Å². The van der Waals surface area contributed by atoms with Crippen molar-refractivity contribution in [1.82, 2.24) is 10.4 Å². The average molecular weight is 276 g/mol. The largest absolute Gasteiger partial charge is 0.298 e. The third-order valence-corrected chi connectivity index (χ3v) is 2.76. The Morgan fingerprint density at radius 2 is 2.00 bits per heavy atom. The number of benzene rings is 1. The molecule has 4 nitrogen and oxygen atoms in total. The van der Waals surface area contributed by atoms with Crippen LogP contribution in [-0.2, 0) is 11.2 Å². The number of nitrogens with one attached hydrogen (secondary N) is 2. The van der Waals surface area contributed by atoms with E-state index in [4.69, 9.17) is 11.6 Å². The SMILES string of the molecule is O=C(CCc1ccccc1)NNc1ccnc(Cl)c1. The van der Waals surface area contributed by atoms with Crippen molar-refractivity contribution in [2.45, 2.75) is 12.8 Å². The van der Waals surface area contributed by atoms with Crippen LogP contribution in [0.3, 0.4) is 0 Å². The standard InChI is InChI=1S/C14H14ClN3O/c15-13-10-12(8-9-16-13)17-18-14(19)7-6-11-4-2-1-3-5-11/h1-5,8-10H,6-7H2,(H,16,17)(H,18,19). The van der Waals surface area contributed by atoms with Crippen LogP contribution in [0.15, 0.2) is 48.7 Å². The van der Waals surface area contributed by atoms with E-state index >= 15 is 0 Å². The van der Waals surface area contributed by atoms with Crippen molar-refractivity contribution in [3.05, 3.63) is 59.4 Å². The highest BCUT2D eigenvalue weighted by atomic mass is 35.5. The van der Waals surface area contributed by atoms with Gasteiger partial charge in [0.2, 0.25) is 5.91 Å². The minimum absolute atomic E-state index is 0.0724. The van der Waals surface area contributed by atoms with Crippen LogP contribution in [-0.4, -0.2) is 10.9 Å². The van der Waals surface area contributed by atoms with Gasteiger partial charge in [0.15, 0.2) is 0 Å².